The molecule has 0 atom stereocenters. The molecule has 1 heterocycles. The summed E-state index contributed by atoms with van der Waals surface area (Å²) in [5.74, 6) is 0. The maximum absolute atomic E-state index is 3.91. The third kappa shape index (κ3) is 1.17. The molecule has 11 heavy (non-hydrogen) atoms. The Hall–Kier alpha value is -1.51. The van der Waals surface area contributed by atoms with E-state index < -0.39 is 0 Å². The average molecular weight is 145 g/mol. The molecular formula is C8H7N3. The Morgan fingerprint density at radius 2 is 2.09 bits per heavy atom. The van der Waals surface area contributed by atoms with E-state index in [1.54, 1.807) is 6.21 Å². The van der Waals surface area contributed by atoms with E-state index in [-0.39, 0.29) is 0 Å². The normalized spacial score (nSPS) is 14.2. The van der Waals surface area contributed by atoms with E-state index in [2.05, 4.69) is 15.4 Å². The van der Waals surface area contributed by atoms with Crippen molar-refractivity contribution < 1.29 is 0 Å². The molecule has 3 nitrogen and oxygen atoms in total. The highest BCUT2D eigenvalue weighted by molar-refractivity contribution is 5.65. The van der Waals surface area contributed by atoms with Crippen LogP contribution in [0.5, 0.6) is 0 Å². The number of hydrogen-bond donors (Lipinski definition) is 0. The van der Waals surface area contributed by atoms with Crippen LogP contribution in [0.25, 0.3) is 0 Å². The van der Waals surface area contributed by atoms with Gasteiger partial charge in [-0.1, -0.05) is 18.2 Å². The fraction of sp³-hybridized carbons (Fsp3) is 0.125. The lowest BCUT2D eigenvalue weighted by Gasteiger charge is -1.96. The predicted molar refractivity (Wildman–Crippen MR) is 43.2 cm³/mol. The fourth-order valence-electron chi connectivity index (χ4n) is 1.03. The molecule has 2 rings (SSSR count). The van der Waals surface area contributed by atoms with Gasteiger partial charge in [-0.05, 0) is 16.9 Å². The highest BCUT2D eigenvalue weighted by atomic mass is 15.4. The van der Waals surface area contributed by atoms with Crippen LogP contribution in [0.1, 0.15) is 5.56 Å². The molecule has 3 heteroatoms. The van der Waals surface area contributed by atoms with Crippen molar-refractivity contribution in [3.05, 3.63) is 29.8 Å². The summed E-state index contributed by atoms with van der Waals surface area (Å²) in [6.07, 6.45) is 2.58. The van der Waals surface area contributed by atoms with Crippen molar-refractivity contribution in [2.24, 2.45) is 15.4 Å². The fourth-order valence-corrected chi connectivity index (χ4v) is 1.03. The molecule has 1 aliphatic heterocycles. The molecule has 0 bridgehead atoms. The third-order valence-electron chi connectivity index (χ3n) is 1.59. The van der Waals surface area contributed by atoms with E-state index in [1.165, 1.54) is 5.56 Å². The van der Waals surface area contributed by atoms with E-state index in [0.717, 1.165) is 12.1 Å². The van der Waals surface area contributed by atoms with Crippen LogP contribution in [0.2, 0.25) is 0 Å². The lowest BCUT2D eigenvalue weighted by atomic mass is 10.1. The summed E-state index contributed by atoms with van der Waals surface area (Å²) in [6, 6.07) is 7.91. The molecule has 0 N–H and O–H groups in total. The monoisotopic (exact) mass is 145 g/mol. The van der Waals surface area contributed by atoms with Crippen LogP contribution in [0, 0.1) is 0 Å². The number of benzene rings is 1. The number of rotatable bonds is 0. The van der Waals surface area contributed by atoms with Crippen LogP contribution in [0.4, 0.5) is 5.69 Å². The van der Waals surface area contributed by atoms with Crippen LogP contribution < -0.4 is 0 Å². The molecule has 0 amide bonds. The van der Waals surface area contributed by atoms with Gasteiger partial charge >= 0.3 is 0 Å². The minimum absolute atomic E-state index is 0.823. The Kier molecular flexibility index (Phi) is 1.48. The number of nitrogens with zero attached hydrogens (tertiary/aromatic N) is 3. The van der Waals surface area contributed by atoms with Crippen LogP contribution in [0.15, 0.2) is 39.7 Å². The molecule has 0 saturated carbocycles. The highest BCUT2D eigenvalue weighted by Gasteiger charge is 1.99. The maximum atomic E-state index is 3.91. The Morgan fingerprint density at radius 3 is 3.09 bits per heavy atom. The minimum Gasteiger partial charge on any atom is -0.143 e. The van der Waals surface area contributed by atoms with Crippen molar-refractivity contribution in [3.8, 4) is 0 Å². The lowest BCUT2D eigenvalue weighted by Crippen LogP contribution is -1.83. The van der Waals surface area contributed by atoms with Crippen LogP contribution in [-0.2, 0) is 6.42 Å². The van der Waals surface area contributed by atoms with Gasteiger partial charge in [0.2, 0.25) is 0 Å². The van der Waals surface area contributed by atoms with E-state index in [4.69, 9.17) is 0 Å². The molecular weight excluding hydrogens is 138 g/mol. The number of fused-ring (bicyclic) bond motifs is 1. The van der Waals surface area contributed by atoms with Crippen molar-refractivity contribution in [1.82, 2.24) is 0 Å². The zero-order chi connectivity index (χ0) is 7.52. The molecule has 1 aromatic carbocycles. The van der Waals surface area contributed by atoms with Crippen molar-refractivity contribution in [3.63, 3.8) is 0 Å². The Balaban J connectivity index is 2.52. The Bertz CT molecular complexity index is 315. The first-order valence-corrected chi connectivity index (χ1v) is 3.47. The summed E-state index contributed by atoms with van der Waals surface area (Å²) in [5, 5.41) is 11.2. The first-order chi connectivity index (χ1) is 5.47. The second kappa shape index (κ2) is 2.62. The third-order valence-corrected chi connectivity index (χ3v) is 1.59. The number of hydrogen-bond acceptors (Lipinski definition) is 3. The maximum Gasteiger partial charge on any atom is 0.0910 e. The molecule has 0 aliphatic carbocycles. The van der Waals surface area contributed by atoms with Gasteiger partial charge in [-0.25, -0.2) is 0 Å². The topological polar surface area (TPSA) is 37.1 Å². The molecule has 0 spiro atoms. The summed E-state index contributed by atoms with van der Waals surface area (Å²) in [6.45, 7) is 0. The smallest absolute Gasteiger partial charge is 0.0910 e. The summed E-state index contributed by atoms with van der Waals surface area (Å²) < 4.78 is 0. The van der Waals surface area contributed by atoms with Crippen molar-refractivity contribution >= 4 is 11.9 Å². The summed E-state index contributed by atoms with van der Waals surface area (Å²) in [4.78, 5) is 0. The predicted octanol–water partition coefficient (Wildman–Crippen LogP) is 2.31. The molecule has 0 saturated heterocycles. The first kappa shape index (κ1) is 6.22. The molecule has 0 fully saturated rings. The van der Waals surface area contributed by atoms with Gasteiger partial charge in [-0.15, -0.1) is 10.2 Å². The van der Waals surface area contributed by atoms with Crippen LogP contribution in [0.3, 0.4) is 0 Å². The van der Waals surface area contributed by atoms with Gasteiger partial charge in [0.25, 0.3) is 0 Å². The second-order valence-corrected chi connectivity index (χ2v) is 2.32. The lowest BCUT2D eigenvalue weighted by molar-refractivity contribution is 1.07. The van der Waals surface area contributed by atoms with Crippen molar-refractivity contribution in [2.45, 2.75) is 6.42 Å². The van der Waals surface area contributed by atoms with E-state index in [9.17, 15) is 0 Å². The molecule has 54 valence electrons. The summed E-state index contributed by atoms with van der Waals surface area (Å²) in [5.41, 5.74) is 2.10. The van der Waals surface area contributed by atoms with Gasteiger partial charge in [0, 0.05) is 12.6 Å². The zero-order valence-electron chi connectivity index (χ0n) is 5.94. The molecule has 0 unspecified atom stereocenters. The van der Waals surface area contributed by atoms with Crippen molar-refractivity contribution in [1.29, 1.82) is 0 Å². The largest absolute Gasteiger partial charge is 0.143 e. The summed E-state index contributed by atoms with van der Waals surface area (Å²) >= 11 is 0. The Labute approximate surface area is 64.5 Å². The average Bonchev–Trinajstić information content (AvgIpc) is 2.28. The van der Waals surface area contributed by atoms with Crippen LogP contribution >= 0.6 is 0 Å². The quantitative estimate of drug-likeness (QED) is 0.537. The minimum atomic E-state index is 0.823. The van der Waals surface area contributed by atoms with E-state index in [1.807, 2.05) is 24.3 Å². The zero-order valence-corrected chi connectivity index (χ0v) is 5.94. The van der Waals surface area contributed by atoms with Gasteiger partial charge in [-0.2, -0.15) is 0 Å². The highest BCUT2D eigenvalue weighted by Crippen LogP contribution is 2.20. The van der Waals surface area contributed by atoms with Gasteiger partial charge in [0.1, 0.15) is 0 Å². The van der Waals surface area contributed by atoms with Gasteiger partial charge in [0.05, 0.1) is 5.69 Å². The standard InChI is InChI=1S/C8H7N3/c1-2-4-8-7(3-1)5-6-9-11-10-8/h1-4,6H,5H2. The van der Waals surface area contributed by atoms with Gasteiger partial charge in [0.15, 0.2) is 0 Å². The molecule has 1 aromatic rings. The molecule has 0 radical (unpaired) electrons. The second-order valence-electron chi connectivity index (χ2n) is 2.32. The van der Waals surface area contributed by atoms with Crippen LogP contribution in [-0.4, -0.2) is 6.21 Å². The van der Waals surface area contributed by atoms with Crippen molar-refractivity contribution in [2.75, 3.05) is 0 Å². The molecule has 1 aliphatic rings. The van der Waals surface area contributed by atoms with Gasteiger partial charge < -0.3 is 0 Å². The first-order valence-electron chi connectivity index (χ1n) is 3.47. The molecule has 0 aromatic heterocycles. The summed E-state index contributed by atoms with van der Waals surface area (Å²) in [7, 11) is 0. The Morgan fingerprint density at radius 1 is 1.18 bits per heavy atom. The SMILES string of the molecule is C1=NN=Nc2ccccc2C1. The van der Waals surface area contributed by atoms with Gasteiger partial charge in [-0.3, -0.25) is 0 Å². The van der Waals surface area contributed by atoms with E-state index in [0.29, 0.717) is 0 Å². The van der Waals surface area contributed by atoms with E-state index >= 15 is 0 Å².